The van der Waals surface area contributed by atoms with Crippen LogP contribution in [-0.4, -0.2) is 145 Å². The second-order valence-corrected chi connectivity index (χ2v) is 17.0. The van der Waals surface area contributed by atoms with Gasteiger partial charge < -0.3 is 45.7 Å². The Balaban J connectivity index is 1.51. The molecule has 0 aliphatic carbocycles. The molecule has 0 bridgehead atoms. The maximum atomic E-state index is 14.2. The fraction of sp³-hybridized carbons (Fsp3) is 0.524. The van der Waals surface area contributed by atoms with E-state index in [1.807, 2.05) is 58.0 Å². The van der Waals surface area contributed by atoms with Gasteiger partial charge in [-0.25, -0.2) is 0 Å². The molecule has 0 aromatic heterocycles. The van der Waals surface area contributed by atoms with Gasteiger partial charge in [0, 0.05) is 43.9 Å². The number of carbonyl (C=O) groups excluding carboxylic acids is 8. The largest absolute Gasteiger partial charge is 0.348 e. The van der Waals surface area contributed by atoms with Gasteiger partial charge in [-0.05, 0) is 54.6 Å². The van der Waals surface area contributed by atoms with Crippen LogP contribution in [0, 0.1) is 10.8 Å². The third-order valence-electron chi connectivity index (χ3n) is 10.5. The van der Waals surface area contributed by atoms with E-state index in [1.165, 1.54) is 43.9 Å². The van der Waals surface area contributed by atoms with E-state index in [-0.39, 0.29) is 68.8 Å². The van der Waals surface area contributed by atoms with Crippen LogP contribution in [-0.2, 0) is 28.8 Å². The van der Waals surface area contributed by atoms with Gasteiger partial charge in [0.15, 0.2) is 0 Å². The number of hydrogen-bond donors (Lipinski definition) is 4. The molecule has 2 aliphatic rings. The molecule has 0 radical (unpaired) electrons. The molecule has 2 saturated heterocycles. The van der Waals surface area contributed by atoms with Crippen LogP contribution in [0.15, 0.2) is 54.6 Å². The summed E-state index contributed by atoms with van der Waals surface area (Å²) in [6.45, 7) is 12.9. The average molecular weight is 803 g/mol. The Morgan fingerprint density at radius 1 is 0.707 bits per heavy atom. The Labute approximate surface area is 340 Å². The van der Waals surface area contributed by atoms with E-state index in [0.29, 0.717) is 12.7 Å². The molecule has 2 fully saturated rings. The van der Waals surface area contributed by atoms with Crippen molar-refractivity contribution < 1.29 is 38.4 Å². The fourth-order valence-corrected chi connectivity index (χ4v) is 7.21. The summed E-state index contributed by atoms with van der Waals surface area (Å²) in [5, 5.41) is 11.2. The zero-order chi connectivity index (χ0) is 42.9. The highest BCUT2D eigenvalue weighted by Crippen LogP contribution is 2.26. The van der Waals surface area contributed by atoms with Crippen LogP contribution >= 0.6 is 0 Å². The molecule has 4 rings (SSSR count). The van der Waals surface area contributed by atoms with E-state index < -0.39 is 64.7 Å². The number of aldehydes is 1. The first-order chi connectivity index (χ1) is 27.3. The molecule has 7 amide bonds. The Kier molecular flexibility index (Phi) is 14.9. The number of piperazine rings is 2. The molecule has 4 N–H and O–H groups in total. The molecule has 2 heterocycles. The van der Waals surface area contributed by atoms with Gasteiger partial charge in [0.1, 0.15) is 30.5 Å². The molecule has 2 aromatic rings. The van der Waals surface area contributed by atoms with E-state index in [9.17, 15) is 38.4 Å². The van der Waals surface area contributed by atoms with Gasteiger partial charge in [0.25, 0.3) is 11.8 Å². The lowest BCUT2D eigenvalue weighted by Crippen LogP contribution is -2.66. The highest BCUT2D eigenvalue weighted by molar-refractivity contribution is 5.99. The van der Waals surface area contributed by atoms with Crippen LogP contribution < -0.4 is 21.3 Å². The van der Waals surface area contributed by atoms with Crippen molar-refractivity contribution in [2.24, 2.45) is 10.8 Å². The Morgan fingerprint density at radius 3 is 1.72 bits per heavy atom. The van der Waals surface area contributed by atoms with E-state index >= 15 is 0 Å². The average Bonchev–Trinajstić information content (AvgIpc) is 3.20. The van der Waals surface area contributed by atoms with Crippen molar-refractivity contribution in [2.75, 3.05) is 52.9 Å². The van der Waals surface area contributed by atoms with Gasteiger partial charge in [0.05, 0.1) is 19.1 Å². The zero-order valence-corrected chi connectivity index (χ0v) is 34.7. The molecule has 16 heteroatoms. The van der Waals surface area contributed by atoms with Crippen LogP contribution in [0.2, 0.25) is 0 Å². The summed E-state index contributed by atoms with van der Waals surface area (Å²) in [7, 11) is 1.63. The summed E-state index contributed by atoms with van der Waals surface area (Å²) in [5.74, 6) is -2.46. The standard InChI is InChI=1S/C42H58N8O8/c1-27(28-12-10-9-11-13-28)45-36(54)32-24-48(19-21-50(32)40(58)35(42(5,6)7)46-33(53)22-43-8)38(56)30-16-14-29(15-17-30)37(55)47-18-20-49(31(23-47)25-51)39(57)34(44-26-52)41(2,3)4/h9-17,25-27,31-32,34-35,43H,18-24H2,1-8H3,(H,44,52)(H,45,54)(H,46,53). The van der Waals surface area contributed by atoms with Crippen molar-refractivity contribution in [2.45, 2.75) is 78.7 Å². The minimum absolute atomic E-state index is 0.00131. The second kappa shape index (κ2) is 19.2. The summed E-state index contributed by atoms with van der Waals surface area (Å²) in [4.78, 5) is 111. The minimum Gasteiger partial charge on any atom is -0.348 e. The number of carbonyl (C=O) groups is 8. The molecule has 0 spiro atoms. The van der Waals surface area contributed by atoms with Gasteiger partial charge in [-0.3, -0.25) is 33.6 Å². The van der Waals surface area contributed by atoms with Gasteiger partial charge in [0.2, 0.25) is 30.0 Å². The highest BCUT2D eigenvalue weighted by Gasteiger charge is 2.44. The van der Waals surface area contributed by atoms with Crippen LogP contribution in [0.1, 0.15) is 80.8 Å². The van der Waals surface area contributed by atoms with Crippen LogP contribution in [0.4, 0.5) is 0 Å². The first-order valence-electron chi connectivity index (χ1n) is 19.6. The smallest absolute Gasteiger partial charge is 0.253 e. The first kappa shape index (κ1) is 45.1. The number of hydrogen-bond acceptors (Lipinski definition) is 9. The van der Waals surface area contributed by atoms with Gasteiger partial charge in [-0.1, -0.05) is 71.9 Å². The maximum Gasteiger partial charge on any atom is 0.253 e. The molecule has 5 unspecified atom stereocenters. The number of likely N-dealkylation sites (N-methyl/N-ethyl adjacent to an activating group) is 1. The Hall–Kier alpha value is -5.64. The summed E-state index contributed by atoms with van der Waals surface area (Å²) in [6, 6.07) is 11.2. The number of amides is 7. The van der Waals surface area contributed by atoms with Crippen LogP contribution in [0.25, 0.3) is 0 Å². The Morgan fingerprint density at radius 2 is 1.22 bits per heavy atom. The molecule has 5 atom stereocenters. The lowest BCUT2D eigenvalue weighted by molar-refractivity contribution is -0.148. The third-order valence-corrected chi connectivity index (χ3v) is 10.5. The van der Waals surface area contributed by atoms with Crippen LogP contribution in [0.5, 0.6) is 0 Å². The quantitative estimate of drug-likeness (QED) is 0.214. The number of nitrogens with zero attached hydrogens (tertiary/aromatic N) is 4. The fourth-order valence-electron chi connectivity index (χ4n) is 7.21. The minimum atomic E-state index is -1.08. The van der Waals surface area contributed by atoms with Crippen molar-refractivity contribution >= 4 is 48.1 Å². The molecule has 314 valence electrons. The molecule has 2 aliphatic heterocycles. The molecular weight excluding hydrogens is 745 g/mol. The Bertz CT molecular complexity index is 1820. The summed E-state index contributed by atoms with van der Waals surface area (Å²) in [6.07, 6.45) is 1.08. The molecule has 58 heavy (non-hydrogen) atoms. The van der Waals surface area contributed by atoms with E-state index in [0.717, 1.165) is 5.56 Å². The molecule has 16 nitrogen and oxygen atoms in total. The summed E-state index contributed by atoms with van der Waals surface area (Å²) >= 11 is 0. The number of rotatable bonds is 13. The first-order valence-corrected chi connectivity index (χ1v) is 19.6. The van der Waals surface area contributed by atoms with Crippen molar-refractivity contribution in [3.8, 4) is 0 Å². The predicted octanol–water partition coefficient (Wildman–Crippen LogP) is 0.980. The molecule has 0 saturated carbocycles. The van der Waals surface area contributed by atoms with Gasteiger partial charge >= 0.3 is 0 Å². The third kappa shape index (κ3) is 10.8. The topological polar surface area (TPSA) is 198 Å². The van der Waals surface area contributed by atoms with Gasteiger partial charge in [-0.15, -0.1) is 0 Å². The number of nitrogens with one attached hydrogen (secondary N) is 4. The summed E-state index contributed by atoms with van der Waals surface area (Å²) in [5.41, 5.74) is 0.0761. The normalized spacial score (nSPS) is 19.0. The van der Waals surface area contributed by atoms with Crippen molar-refractivity contribution in [1.29, 1.82) is 0 Å². The second-order valence-electron chi connectivity index (χ2n) is 17.0. The monoisotopic (exact) mass is 802 g/mol. The number of benzene rings is 2. The van der Waals surface area contributed by atoms with Gasteiger partial charge in [-0.2, -0.15) is 0 Å². The summed E-state index contributed by atoms with van der Waals surface area (Å²) < 4.78 is 0. The van der Waals surface area contributed by atoms with Crippen molar-refractivity contribution in [1.82, 2.24) is 40.9 Å². The SMILES string of the molecule is CNCC(=O)NC(C(=O)N1CCN(C(=O)c2ccc(C(=O)N3CCN(C(=O)C(NC=O)C(C)(C)C)C(C=O)C3)cc2)CC1C(=O)NC(C)c1ccccc1)C(C)(C)C. The molecule has 2 aromatic carbocycles. The molecular formula is C42H58N8O8. The van der Waals surface area contributed by atoms with Crippen LogP contribution in [0.3, 0.4) is 0 Å². The van der Waals surface area contributed by atoms with Crippen molar-refractivity contribution in [3.63, 3.8) is 0 Å². The predicted molar refractivity (Wildman–Crippen MR) is 216 cm³/mol. The lowest BCUT2D eigenvalue weighted by atomic mass is 9.85. The van der Waals surface area contributed by atoms with E-state index in [2.05, 4.69) is 21.3 Å². The van der Waals surface area contributed by atoms with E-state index in [4.69, 9.17) is 0 Å². The van der Waals surface area contributed by atoms with Crippen molar-refractivity contribution in [3.05, 3.63) is 71.3 Å². The lowest BCUT2D eigenvalue weighted by Gasteiger charge is -2.44. The highest BCUT2D eigenvalue weighted by atomic mass is 16.2. The van der Waals surface area contributed by atoms with E-state index in [1.54, 1.807) is 27.8 Å². The zero-order valence-electron chi connectivity index (χ0n) is 34.7. The maximum absolute atomic E-state index is 14.2.